The first-order valence-corrected chi connectivity index (χ1v) is 10.3. The number of nitrogens with zero attached hydrogens (tertiary/aromatic N) is 2. The molecule has 0 bridgehead atoms. The van der Waals surface area contributed by atoms with Crippen LogP contribution < -0.4 is 16.0 Å². The third-order valence-electron chi connectivity index (χ3n) is 6.29. The van der Waals surface area contributed by atoms with Crippen LogP contribution in [0.4, 0.5) is 5.82 Å². The lowest BCUT2D eigenvalue weighted by Crippen LogP contribution is -2.38. The highest BCUT2D eigenvalue weighted by Crippen LogP contribution is 2.38. The minimum Gasteiger partial charge on any atom is -0.357 e. The standard InChI is InChI=1S/C21H34N4O.2ClH/c1-17-7-11-25(12-8-17)19-6-5-18(14-23-19)15-24-20(26)13-21(16-22)9-3-2-4-10-21;;/h5-6,14,17H,2-4,7-13,15-16,22H2,1H3,(H,24,26);2*1H. The molecule has 1 aliphatic heterocycles. The molecular weight excluding hydrogens is 395 g/mol. The van der Waals surface area contributed by atoms with Crippen LogP contribution >= 0.6 is 24.8 Å². The summed E-state index contributed by atoms with van der Waals surface area (Å²) in [6.07, 6.45) is 10.8. The summed E-state index contributed by atoms with van der Waals surface area (Å²) >= 11 is 0. The van der Waals surface area contributed by atoms with Crippen LogP contribution in [0, 0.1) is 11.3 Å². The maximum Gasteiger partial charge on any atom is 0.220 e. The van der Waals surface area contributed by atoms with Gasteiger partial charge in [-0.15, -0.1) is 24.8 Å². The lowest BCUT2D eigenvalue weighted by Gasteiger charge is -2.35. The van der Waals surface area contributed by atoms with Gasteiger partial charge in [0.15, 0.2) is 0 Å². The molecule has 0 atom stereocenters. The van der Waals surface area contributed by atoms with Crippen molar-refractivity contribution < 1.29 is 4.79 Å². The zero-order valence-corrected chi connectivity index (χ0v) is 18.6. The zero-order valence-electron chi connectivity index (χ0n) is 17.0. The van der Waals surface area contributed by atoms with E-state index in [2.05, 4.69) is 34.3 Å². The van der Waals surface area contributed by atoms with Crippen LogP contribution in [0.5, 0.6) is 0 Å². The highest BCUT2D eigenvalue weighted by Gasteiger charge is 2.32. The Labute approximate surface area is 182 Å². The van der Waals surface area contributed by atoms with Gasteiger partial charge in [-0.1, -0.05) is 32.3 Å². The molecular formula is C21H36Cl2N4O. The number of hydrogen-bond donors (Lipinski definition) is 2. The monoisotopic (exact) mass is 430 g/mol. The van der Waals surface area contributed by atoms with Gasteiger partial charge in [0.1, 0.15) is 5.82 Å². The minimum atomic E-state index is 0. The van der Waals surface area contributed by atoms with Crippen LogP contribution in [-0.2, 0) is 11.3 Å². The average molecular weight is 431 g/mol. The molecule has 0 aromatic carbocycles. The van der Waals surface area contributed by atoms with E-state index in [9.17, 15) is 4.79 Å². The third kappa shape index (κ3) is 6.78. The van der Waals surface area contributed by atoms with Gasteiger partial charge in [0.05, 0.1) is 0 Å². The Morgan fingerprint density at radius 2 is 1.89 bits per heavy atom. The van der Waals surface area contributed by atoms with Gasteiger partial charge in [-0.3, -0.25) is 4.79 Å². The number of hydrogen-bond acceptors (Lipinski definition) is 4. The second-order valence-corrected chi connectivity index (χ2v) is 8.41. The van der Waals surface area contributed by atoms with Crippen molar-refractivity contribution >= 4 is 36.5 Å². The molecule has 2 aliphatic rings. The molecule has 160 valence electrons. The summed E-state index contributed by atoms with van der Waals surface area (Å²) in [5.74, 6) is 1.99. The van der Waals surface area contributed by atoms with Crippen molar-refractivity contribution in [1.29, 1.82) is 0 Å². The topological polar surface area (TPSA) is 71.2 Å². The molecule has 2 fully saturated rings. The zero-order chi connectivity index (χ0) is 18.4. The van der Waals surface area contributed by atoms with Crippen molar-refractivity contribution in [2.75, 3.05) is 24.5 Å². The number of nitrogens with two attached hydrogens (primary N) is 1. The van der Waals surface area contributed by atoms with Gasteiger partial charge in [0.25, 0.3) is 0 Å². The highest BCUT2D eigenvalue weighted by atomic mass is 35.5. The van der Waals surface area contributed by atoms with Crippen molar-refractivity contribution in [3.05, 3.63) is 23.9 Å². The highest BCUT2D eigenvalue weighted by molar-refractivity contribution is 5.85. The molecule has 2 heterocycles. The molecule has 7 heteroatoms. The third-order valence-corrected chi connectivity index (χ3v) is 6.29. The Balaban J connectivity index is 0.00000196. The molecule has 0 spiro atoms. The van der Waals surface area contributed by atoms with E-state index in [0.717, 1.165) is 43.2 Å². The van der Waals surface area contributed by atoms with Gasteiger partial charge >= 0.3 is 0 Å². The van der Waals surface area contributed by atoms with Gasteiger partial charge in [-0.05, 0) is 55.2 Å². The molecule has 1 aromatic heterocycles. The van der Waals surface area contributed by atoms with E-state index < -0.39 is 0 Å². The largest absolute Gasteiger partial charge is 0.357 e. The second-order valence-electron chi connectivity index (χ2n) is 8.41. The predicted molar refractivity (Wildman–Crippen MR) is 120 cm³/mol. The van der Waals surface area contributed by atoms with E-state index in [-0.39, 0.29) is 36.1 Å². The Bertz CT molecular complexity index is 583. The molecule has 28 heavy (non-hydrogen) atoms. The smallest absolute Gasteiger partial charge is 0.220 e. The summed E-state index contributed by atoms with van der Waals surface area (Å²) in [6, 6.07) is 4.17. The van der Waals surface area contributed by atoms with Gasteiger partial charge in [-0.2, -0.15) is 0 Å². The van der Waals surface area contributed by atoms with Crippen LogP contribution in [0.1, 0.15) is 63.9 Å². The summed E-state index contributed by atoms with van der Waals surface area (Å²) in [6.45, 7) is 5.66. The summed E-state index contributed by atoms with van der Waals surface area (Å²) < 4.78 is 0. The molecule has 1 aliphatic carbocycles. The number of carbonyl (C=O) groups is 1. The first kappa shape index (κ1) is 25.0. The molecule has 3 rings (SSSR count). The van der Waals surface area contributed by atoms with Crippen molar-refractivity contribution in [1.82, 2.24) is 10.3 Å². The van der Waals surface area contributed by atoms with Crippen LogP contribution in [0.15, 0.2) is 18.3 Å². The Hall–Kier alpha value is -1.04. The lowest BCUT2D eigenvalue weighted by atomic mass is 9.71. The van der Waals surface area contributed by atoms with Crippen molar-refractivity contribution in [2.24, 2.45) is 17.1 Å². The van der Waals surface area contributed by atoms with E-state index in [0.29, 0.717) is 19.5 Å². The Morgan fingerprint density at radius 1 is 1.21 bits per heavy atom. The molecule has 1 saturated heterocycles. The fourth-order valence-electron chi connectivity index (χ4n) is 4.30. The van der Waals surface area contributed by atoms with E-state index in [1.807, 2.05) is 6.20 Å². The fourth-order valence-corrected chi connectivity index (χ4v) is 4.30. The average Bonchev–Trinajstić information content (AvgIpc) is 2.68. The summed E-state index contributed by atoms with van der Waals surface area (Å²) in [4.78, 5) is 19.4. The quantitative estimate of drug-likeness (QED) is 0.712. The van der Waals surface area contributed by atoms with Crippen molar-refractivity contribution in [3.63, 3.8) is 0 Å². The van der Waals surface area contributed by atoms with Crippen molar-refractivity contribution in [2.45, 2.75) is 64.8 Å². The number of piperidine rings is 1. The van der Waals surface area contributed by atoms with Gasteiger partial charge in [0.2, 0.25) is 5.91 Å². The van der Waals surface area contributed by atoms with E-state index in [1.165, 1.54) is 32.1 Å². The fraction of sp³-hybridized carbons (Fsp3) is 0.714. The minimum absolute atomic E-state index is 0. The first-order chi connectivity index (χ1) is 12.6. The normalized spacial score (nSPS) is 19.3. The number of anilines is 1. The number of rotatable bonds is 6. The van der Waals surface area contributed by atoms with E-state index >= 15 is 0 Å². The van der Waals surface area contributed by atoms with Crippen LogP contribution in [0.25, 0.3) is 0 Å². The lowest BCUT2D eigenvalue weighted by molar-refractivity contribution is -0.124. The van der Waals surface area contributed by atoms with Crippen LogP contribution in [0.3, 0.4) is 0 Å². The Kier molecular flexibility index (Phi) is 10.6. The second kappa shape index (κ2) is 11.8. The van der Waals surface area contributed by atoms with Gasteiger partial charge < -0.3 is 16.0 Å². The molecule has 1 saturated carbocycles. The number of amides is 1. The summed E-state index contributed by atoms with van der Waals surface area (Å²) in [5, 5.41) is 3.06. The maximum atomic E-state index is 12.4. The van der Waals surface area contributed by atoms with Crippen molar-refractivity contribution in [3.8, 4) is 0 Å². The molecule has 5 nitrogen and oxygen atoms in total. The number of halogens is 2. The molecule has 1 aromatic rings. The molecule has 1 amide bonds. The van der Waals surface area contributed by atoms with Gasteiger partial charge in [0, 0.05) is 32.3 Å². The van der Waals surface area contributed by atoms with Crippen LogP contribution in [-0.4, -0.2) is 30.5 Å². The predicted octanol–water partition coefficient (Wildman–Crippen LogP) is 4.08. The van der Waals surface area contributed by atoms with Gasteiger partial charge in [-0.25, -0.2) is 4.98 Å². The van der Waals surface area contributed by atoms with E-state index in [1.54, 1.807) is 0 Å². The number of nitrogens with one attached hydrogen (secondary N) is 1. The first-order valence-electron chi connectivity index (χ1n) is 10.3. The number of aromatic nitrogens is 1. The molecule has 3 N–H and O–H groups in total. The SMILES string of the molecule is CC1CCN(c2ccc(CNC(=O)CC3(CN)CCCCC3)cn2)CC1.Cl.Cl. The Morgan fingerprint density at radius 3 is 2.46 bits per heavy atom. The number of carbonyl (C=O) groups excluding carboxylic acids is 1. The summed E-state index contributed by atoms with van der Waals surface area (Å²) in [5.41, 5.74) is 7.07. The van der Waals surface area contributed by atoms with Crippen LogP contribution in [0.2, 0.25) is 0 Å². The summed E-state index contributed by atoms with van der Waals surface area (Å²) in [7, 11) is 0. The number of pyridine rings is 1. The van der Waals surface area contributed by atoms with E-state index in [4.69, 9.17) is 5.73 Å². The molecule has 0 radical (unpaired) electrons. The maximum absolute atomic E-state index is 12.4. The molecule has 0 unspecified atom stereocenters.